The van der Waals surface area contributed by atoms with Gasteiger partial charge >= 0.3 is 0 Å². The van der Waals surface area contributed by atoms with Gasteiger partial charge in [-0.2, -0.15) is 0 Å². The van der Waals surface area contributed by atoms with Gasteiger partial charge in [0.15, 0.2) is 0 Å². The van der Waals surface area contributed by atoms with Crippen molar-refractivity contribution in [2.75, 3.05) is 0 Å². The van der Waals surface area contributed by atoms with E-state index in [1.165, 1.54) is 87.6 Å². The zero-order valence-electron chi connectivity index (χ0n) is 20.5. The third-order valence-electron chi connectivity index (χ3n) is 8.11. The molecule has 0 saturated heterocycles. The SMILES string of the molecule is Cc1cc(C)c(B2c3c(C)cc(C)cc3-c3ccc4ccc5cccc6cc2c3c4c56)c(C)c1. The molecule has 0 aromatic heterocycles. The molecule has 0 atom stereocenters. The maximum atomic E-state index is 2.50. The lowest BCUT2D eigenvalue weighted by Crippen LogP contribution is -2.57. The van der Waals surface area contributed by atoms with E-state index in [0.29, 0.717) is 0 Å². The van der Waals surface area contributed by atoms with Crippen LogP contribution in [0.3, 0.4) is 0 Å². The van der Waals surface area contributed by atoms with Gasteiger partial charge in [-0.05, 0) is 78.1 Å². The zero-order chi connectivity index (χ0) is 23.3. The number of rotatable bonds is 1. The van der Waals surface area contributed by atoms with Crippen LogP contribution in [-0.2, 0) is 0 Å². The highest BCUT2D eigenvalue weighted by Crippen LogP contribution is 2.40. The number of benzene rings is 6. The second-order valence-corrected chi connectivity index (χ2v) is 10.5. The molecule has 0 radical (unpaired) electrons. The van der Waals surface area contributed by atoms with E-state index in [-0.39, 0.29) is 6.71 Å². The second-order valence-electron chi connectivity index (χ2n) is 10.5. The molecule has 6 aromatic carbocycles. The Kier molecular flexibility index (Phi) is 3.93. The van der Waals surface area contributed by atoms with Crippen molar-refractivity contribution in [1.82, 2.24) is 0 Å². The van der Waals surface area contributed by atoms with Gasteiger partial charge < -0.3 is 0 Å². The smallest absolute Gasteiger partial charge is 0.0629 e. The summed E-state index contributed by atoms with van der Waals surface area (Å²) in [5.74, 6) is 0. The highest BCUT2D eigenvalue weighted by Gasteiger charge is 2.35. The van der Waals surface area contributed by atoms with Gasteiger partial charge in [-0.1, -0.05) is 117 Å². The Morgan fingerprint density at radius 3 is 1.79 bits per heavy atom. The quantitative estimate of drug-likeness (QED) is 0.201. The minimum Gasteiger partial charge on any atom is -0.0629 e. The van der Waals surface area contributed by atoms with Crippen LogP contribution in [0.5, 0.6) is 0 Å². The van der Waals surface area contributed by atoms with E-state index in [0.717, 1.165) is 0 Å². The zero-order valence-corrected chi connectivity index (χ0v) is 20.5. The van der Waals surface area contributed by atoms with Crippen molar-refractivity contribution < 1.29 is 0 Å². The molecule has 1 aliphatic rings. The molecule has 7 rings (SSSR count). The molecule has 0 spiro atoms. The maximum Gasteiger partial charge on any atom is 0.243 e. The van der Waals surface area contributed by atoms with E-state index in [1.807, 2.05) is 0 Å². The summed E-state index contributed by atoms with van der Waals surface area (Å²) in [5.41, 5.74) is 14.1. The first-order valence-electron chi connectivity index (χ1n) is 12.3. The lowest BCUT2D eigenvalue weighted by Gasteiger charge is -2.32. The molecule has 6 aromatic rings. The Bertz CT molecular complexity index is 1780. The van der Waals surface area contributed by atoms with Crippen LogP contribution in [-0.4, -0.2) is 6.71 Å². The summed E-state index contributed by atoms with van der Waals surface area (Å²) in [6.07, 6.45) is 0. The summed E-state index contributed by atoms with van der Waals surface area (Å²) in [7, 11) is 0. The highest BCUT2D eigenvalue weighted by molar-refractivity contribution is 6.99. The molecule has 0 aliphatic carbocycles. The largest absolute Gasteiger partial charge is 0.243 e. The number of hydrogen-bond acceptors (Lipinski definition) is 0. The fourth-order valence-electron chi connectivity index (χ4n) is 7.02. The molecule has 0 fully saturated rings. The van der Waals surface area contributed by atoms with Crippen LogP contribution >= 0.6 is 0 Å². The molecule has 0 unspecified atom stereocenters. The number of hydrogen-bond donors (Lipinski definition) is 0. The standard InChI is InChI=1S/C33H27B/c1-18-13-20(3)32(21(4)14-18)34-28-17-25-8-6-7-23-9-10-24-11-12-26(31(28)30(24)29(23)25)27-16-19(2)15-22(5)33(27)34/h6-17H,1-5H3. The molecular formula is C33H27B. The van der Waals surface area contributed by atoms with Crippen molar-refractivity contribution in [3.05, 3.63) is 101 Å². The first-order chi connectivity index (χ1) is 16.4. The monoisotopic (exact) mass is 434 g/mol. The maximum absolute atomic E-state index is 2.50. The summed E-state index contributed by atoms with van der Waals surface area (Å²) < 4.78 is 0. The molecule has 1 aliphatic heterocycles. The predicted molar refractivity (Wildman–Crippen MR) is 150 cm³/mol. The predicted octanol–water partition coefficient (Wildman–Crippen LogP) is 6.62. The fourth-order valence-corrected chi connectivity index (χ4v) is 7.02. The first-order valence-corrected chi connectivity index (χ1v) is 12.3. The van der Waals surface area contributed by atoms with Crippen molar-refractivity contribution >= 4 is 55.4 Å². The van der Waals surface area contributed by atoms with Crippen molar-refractivity contribution in [2.24, 2.45) is 0 Å². The molecular weight excluding hydrogens is 407 g/mol. The van der Waals surface area contributed by atoms with Crippen LogP contribution < -0.4 is 16.4 Å². The lowest BCUT2D eigenvalue weighted by molar-refractivity contribution is 1.35. The summed E-state index contributed by atoms with van der Waals surface area (Å²) in [6.45, 7) is 11.6. The van der Waals surface area contributed by atoms with Crippen LogP contribution in [0.15, 0.2) is 72.8 Å². The molecule has 34 heavy (non-hydrogen) atoms. The van der Waals surface area contributed by atoms with Crippen molar-refractivity contribution in [3.63, 3.8) is 0 Å². The molecule has 0 N–H and O–H groups in total. The Labute approximate surface area is 201 Å². The Balaban J connectivity index is 1.76. The van der Waals surface area contributed by atoms with Crippen molar-refractivity contribution in [1.29, 1.82) is 0 Å². The van der Waals surface area contributed by atoms with Crippen molar-refractivity contribution in [2.45, 2.75) is 34.6 Å². The summed E-state index contributed by atoms with van der Waals surface area (Å²) in [4.78, 5) is 0. The fraction of sp³-hybridized carbons (Fsp3) is 0.152. The minimum absolute atomic E-state index is 0.234. The van der Waals surface area contributed by atoms with Crippen LogP contribution in [0.25, 0.3) is 43.4 Å². The normalized spacial score (nSPS) is 12.8. The van der Waals surface area contributed by atoms with E-state index in [9.17, 15) is 0 Å². The van der Waals surface area contributed by atoms with Crippen LogP contribution in [0, 0.1) is 34.6 Å². The van der Waals surface area contributed by atoms with Gasteiger partial charge in [-0.15, -0.1) is 0 Å². The molecule has 1 heteroatoms. The van der Waals surface area contributed by atoms with Gasteiger partial charge in [0.1, 0.15) is 0 Å². The van der Waals surface area contributed by atoms with Gasteiger partial charge in [-0.3, -0.25) is 0 Å². The topological polar surface area (TPSA) is 0 Å². The number of fused-ring (bicyclic) bond motifs is 2. The van der Waals surface area contributed by atoms with E-state index >= 15 is 0 Å². The molecule has 0 amide bonds. The summed E-state index contributed by atoms with van der Waals surface area (Å²) in [6, 6.07) is 28.1. The Morgan fingerprint density at radius 1 is 0.471 bits per heavy atom. The average molecular weight is 434 g/mol. The molecule has 162 valence electrons. The van der Waals surface area contributed by atoms with E-state index < -0.39 is 0 Å². The van der Waals surface area contributed by atoms with Gasteiger partial charge in [-0.25, -0.2) is 0 Å². The number of aryl methyl sites for hydroxylation is 5. The van der Waals surface area contributed by atoms with Crippen molar-refractivity contribution in [3.8, 4) is 11.1 Å². The van der Waals surface area contributed by atoms with Gasteiger partial charge in [0.2, 0.25) is 6.71 Å². The minimum atomic E-state index is 0.234. The highest BCUT2D eigenvalue weighted by atomic mass is 14.2. The third-order valence-corrected chi connectivity index (χ3v) is 8.11. The molecule has 0 saturated carbocycles. The Hall–Kier alpha value is -3.58. The summed E-state index contributed by atoms with van der Waals surface area (Å²) >= 11 is 0. The van der Waals surface area contributed by atoms with Gasteiger partial charge in [0, 0.05) is 0 Å². The molecule has 0 nitrogen and oxygen atoms in total. The average Bonchev–Trinajstić information content (AvgIpc) is 2.79. The van der Waals surface area contributed by atoms with E-state index in [1.54, 1.807) is 0 Å². The third kappa shape index (κ3) is 2.50. The van der Waals surface area contributed by atoms with E-state index in [4.69, 9.17) is 0 Å². The first kappa shape index (κ1) is 19.9. The Morgan fingerprint density at radius 2 is 1.06 bits per heavy atom. The van der Waals surface area contributed by atoms with Crippen LogP contribution in [0.2, 0.25) is 0 Å². The molecule has 1 heterocycles. The second kappa shape index (κ2) is 6.73. The van der Waals surface area contributed by atoms with Gasteiger partial charge in [0.05, 0.1) is 0 Å². The van der Waals surface area contributed by atoms with Crippen LogP contribution in [0.1, 0.15) is 27.8 Å². The van der Waals surface area contributed by atoms with E-state index in [2.05, 4.69) is 107 Å². The molecule has 0 bridgehead atoms. The lowest BCUT2D eigenvalue weighted by atomic mass is 9.32. The summed E-state index contributed by atoms with van der Waals surface area (Å²) in [5, 5.41) is 8.31. The van der Waals surface area contributed by atoms with Gasteiger partial charge in [0.25, 0.3) is 0 Å². The van der Waals surface area contributed by atoms with Crippen LogP contribution in [0.4, 0.5) is 0 Å².